The van der Waals surface area contributed by atoms with Crippen molar-refractivity contribution in [3.05, 3.63) is 23.7 Å². The SMILES string of the molecule is CN(CC(=O)O)C(=O)c1ccc(CN)o1. The number of rotatable bonds is 4. The Labute approximate surface area is 86.3 Å². The van der Waals surface area contributed by atoms with E-state index < -0.39 is 11.9 Å². The van der Waals surface area contributed by atoms with Crippen LogP contribution in [0, 0.1) is 0 Å². The topological polar surface area (TPSA) is 96.8 Å². The molecule has 1 rings (SSSR count). The van der Waals surface area contributed by atoms with E-state index in [0.29, 0.717) is 5.76 Å². The smallest absolute Gasteiger partial charge is 0.323 e. The molecule has 6 nitrogen and oxygen atoms in total. The molecule has 0 saturated carbocycles. The third-order valence-corrected chi connectivity index (χ3v) is 1.79. The summed E-state index contributed by atoms with van der Waals surface area (Å²) in [6.07, 6.45) is 0. The predicted octanol–water partition coefficient (Wildman–Crippen LogP) is -0.105. The third-order valence-electron chi connectivity index (χ3n) is 1.79. The molecule has 0 bridgehead atoms. The maximum atomic E-state index is 11.5. The fourth-order valence-electron chi connectivity index (χ4n) is 1.07. The lowest BCUT2D eigenvalue weighted by atomic mass is 10.4. The summed E-state index contributed by atoms with van der Waals surface area (Å²) in [6.45, 7) is -0.159. The first-order valence-corrected chi connectivity index (χ1v) is 4.30. The van der Waals surface area contributed by atoms with Gasteiger partial charge in [0.15, 0.2) is 5.76 Å². The molecule has 3 N–H and O–H groups in total. The average molecular weight is 212 g/mol. The van der Waals surface area contributed by atoms with Gasteiger partial charge in [0.25, 0.3) is 5.91 Å². The highest BCUT2D eigenvalue weighted by Crippen LogP contribution is 2.09. The molecule has 1 amide bonds. The Bertz CT molecular complexity index is 372. The Hall–Kier alpha value is -1.82. The maximum absolute atomic E-state index is 11.5. The van der Waals surface area contributed by atoms with E-state index in [1.807, 2.05) is 0 Å². The molecule has 0 saturated heterocycles. The number of carboxylic acid groups (broad SMARTS) is 1. The fraction of sp³-hybridized carbons (Fsp3) is 0.333. The minimum atomic E-state index is -1.07. The van der Waals surface area contributed by atoms with E-state index in [4.69, 9.17) is 15.3 Å². The molecule has 0 aromatic carbocycles. The Morgan fingerprint density at radius 2 is 2.20 bits per heavy atom. The molecule has 0 fully saturated rings. The number of hydrogen-bond acceptors (Lipinski definition) is 4. The van der Waals surface area contributed by atoms with Crippen LogP contribution in [0.1, 0.15) is 16.3 Å². The molecule has 0 atom stereocenters. The predicted molar refractivity (Wildman–Crippen MR) is 51.2 cm³/mol. The van der Waals surface area contributed by atoms with Crippen molar-refractivity contribution in [1.29, 1.82) is 0 Å². The second kappa shape index (κ2) is 4.61. The number of nitrogens with two attached hydrogens (primary N) is 1. The van der Waals surface area contributed by atoms with E-state index in [9.17, 15) is 9.59 Å². The molecule has 0 spiro atoms. The van der Waals surface area contributed by atoms with Gasteiger partial charge in [0.05, 0.1) is 6.54 Å². The van der Waals surface area contributed by atoms with Crippen molar-refractivity contribution in [3.63, 3.8) is 0 Å². The highest BCUT2D eigenvalue weighted by atomic mass is 16.4. The van der Waals surface area contributed by atoms with E-state index in [-0.39, 0.29) is 18.8 Å². The Kier molecular flexibility index (Phi) is 3.46. The van der Waals surface area contributed by atoms with Crippen molar-refractivity contribution in [2.24, 2.45) is 5.73 Å². The Balaban J connectivity index is 2.71. The van der Waals surface area contributed by atoms with E-state index in [1.165, 1.54) is 13.1 Å². The van der Waals surface area contributed by atoms with Crippen LogP contribution in [0.5, 0.6) is 0 Å². The van der Waals surface area contributed by atoms with Crippen molar-refractivity contribution in [2.75, 3.05) is 13.6 Å². The van der Waals surface area contributed by atoms with Crippen LogP contribution in [-0.2, 0) is 11.3 Å². The zero-order valence-electron chi connectivity index (χ0n) is 8.27. The van der Waals surface area contributed by atoms with Gasteiger partial charge in [-0.25, -0.2) is 0 Å². The number of amides is 1. The summed E-state index contributed by atoms with van der Waals surface area (Å²) in [5.74, 6) is -0.963. The molecule has 6 heteroatoms. The fourth-order valence-corrected chi connectivity index (χ4v) is 1.07. The second-order valence-corrected chi connectivity index (χ2v) is 3.03. The van der Waals surface area contributed by atoms with Gasteiger partial charge in [-0.1, -0.05) is 0 Å². The molecule has 1 aromatic heterocycles. The summed E-state index contributed by atoms with van der Waals surface area (Å²) >= 11 is 0. The second-order valence-electron chi connectivity index (χ2n) is 3.03. The summed E-state index contributed by atoms with van der Waals surface area (Å²) in [5.41, 5.74) is 5.31. The van der Waals surface area contributed by atoms with E-state index in [0.717, 1.165) is 4.90 Å². The molecule has 0 aliphatic heterocycles. The van der Waals surface area contributed by atoms with Crippen molar-refractivity contribution in [3.8, 4) is 0 Å². The summed E-state index contributed by atoms with van der Waals surface area (Å²) < 4.78 is 5.09. The molecule has 0 aliphatic carbocycles. The van der Waals surface area contributed by atoms with E-state index >= 15 is 0 Å². The minimum absolute atomic E-state index is 0.0965. The molecule has 0 radical (unpaired) electrons. The van der Waals surface area contributed by atoms with Crippen LogP contribution in [0.15, 0.2) is 16.5 Å². The highest BCUT2D eigenvalue weighted by Gasteiger charge is 2.17. The van der Waals surface area contributed by atoms with Gasteiger partial charge in [-0.05, 0) is 12.1 Å². The summed E-state index contributed by atoms with van der Waals surface area (Å²) in [7, 11) is 1.39. The van der Waals surface area contributed by atoms with Gasteiger partial charge in [0.1, 0.15) is 12.3 Å². The van der Waals surface area contributed by atoms with Crippen molar-refractivity contribution in [1.82, 2.24) is 4.90 Å². The van der Waals surface area contributed by atoms with E-state index in [1.54, 1.807) is 6.07 Å². The molecule has 0 aliphatic rings. The first-order valence-electron chi connectivity index (χ1n) is 4.30. The summed E-state index contributed by atoms with van der Waals surface area (Å²) in [5, 5.41) is 8.49. The molecule has 1 aromatic rings. The van der Waals surface area contributed by atoms with Crippen LogP contribution >= 0.6 is 0 Å². The van der Waals surface area contributed by atoms with Gasteiger partial charge in [-0.15, -0.1) is 0 Å². The van der Waals surface area contributed by atoms with Crippen molar-refractivity contribution >= 4 is 11.9 Å². The first-order chi connectivity index (χ1) is 7.04. The van der Waals surface area contributed by atoms with E-state index in [2.05, 4.69) is 0 Å². The van der Waals surface area contributed by atoms with Gasteiger partial charge in [-0.3, -0.25) is 9.59 Å². The van der Waals surface area contributed by atoms with Crippen LogP contribution in [0.2, 0.25) is 0 Å². The van der Waals surface area contributed by atoms with Crippen molar-refractivity contribution in [2.45, 2.75) is 6.54 Å². The summed E-state index contributed by atoms with van der Waals surface area (Å²) in [6, 6.07) is 3.06. The normalized spacial score (nSPS) is 10.0. The average Bonchev–Trinajstić information content (AvgIpc) is 2.63. The van der Waals surface area contributed by atoms with Gasteiger partial charge in [0.2, 0.25) is 0 Å². The number of furan rings is 1. The largest absolute Gasteiger partial charge is 0.480 e. The Morgan fingerprint density at radius 3 is 2.67 bits per heavy atom. The molecular weight excluding hydrogens is 200 g/mol. The molecule has 82 valence electrons. The number of carbonyl (C=O) groups is 2. The third kappa shape index (κ3) is 2.81. The van der Waals surface area contributed by atoms with Crippen LogP contribution in [0.3, 0.4) is 0 Å². The maximum Gasteiger partial charge on any atom is 0.323 e. The zero-order valence-corrected chi connectivity index (χ0v) is 8.27. The lowest BCUT2D eigenvalue weighted by molar-refractivity contribution is -0.137. The van der Waals surface area contributed by atoms with Crippen LogP contribution < -0.4 is 5.73 Å². The van der Waals surface area contributed by atoms with Crippen LogP contribution in [0.4, 0.5) is 0 Å². The van der Waals surface area contributed by atoms with Gasteiger partial charge >= 0.3 is 5.97 Å². The van der Waals surface area contributed by atoms with Crippen LogP contribution in [0.25, 0.3) is 0 Å². The summed E-state index contributed by atoms with van der Waals surface area (Å²) in [4.78, 5) is 23.0. The van der Waals surface area contributed by atoms with Gasteiger partial charge < -0.3 is 20.2 Å². The zero-order chi connectivity index (χ0) is 11.4. The monoisotopic (exact) mass is 212 g/mol. The molecule has 15 heavy (non-hydrogen) atoms. The van der Waals surface area contributed by atoms with Gasteiger partial charge in [0, 0.05) is 7.05 Å². The Morgan fingerprint density at radius 1 is 1.53 bits per heavy atom. The lowest BCUT2D eigenvalue weighted by Crippen LogP contribution is -2.31. The van der Waals surface area contributed by atoms with Gasteiger partial charge in [-0.2, -0.15) is 0 Å². The molecule has 1 heterocycles. The minimum Gasteiger partial charge on any atom is -0.480 e. The number of likely N-dealkylation sites (N-methyl/N-ethyl adjacent to an activating group) is 1. The number of nitrogens with zero attached hydrogens (tertiary/aromatic N) is 1. The number of carbonyl (C=O) groups excluding carboxylic acids is 1. The highest BCUT2D eigenvalue weighted by molar-refractivity contribution is 5.93. The van der Waals surface area contributed by atoms with Crippen molar-refractivity contribution < 1.29 is 19.1 Å². The van der Waals surface area contributed by atoms with Crippen LogP contribution in [-0.4, -0.2) is 35.5 Å². The number of carboxylic acids is 1. The number of hydrogen-bond donors (Lipinski definition) is 2. The lowest BCUT2D eigenvalue weighted by Gasteiger charge is -2.12. The number of aliphatic carboxylic acids is 1. The quantitative estimate of drug-likeness (QED) is 0.726. The first kappa shape index (κ1) is 11.3. The molecule has 0 unspecified atom stereocenters. The molecular formula is C9H12N2O4. The standard InChI is InChI=1S/C9H12N2O4/c1-11(5-8(12)13)9(14)7-3-2-6(4-10)15-7/h2-3H,4-5,10H2,1H3,(H,12,13).